The first-order valence-electron chi connectivity index (χ1n) is 6.92. The lowest BCUT2D eigenvalue weighted by molar-refractivity contribution is 0.0951. The maximum Gasteiger partial charge on any atom is 0.255 e. The van der Waals surface area contributed by atoms with Crippen LogP contribution in [0.1, 0.15) is 48.0 Å². The van der Waals surface area contributed by atoms with E-state index < -0.39 is 0 Å². The Balaban J connectivity index is 1.87. The molecule has 19 heavy (non-hydrogen) atoms. The number of phenolic OH excluding ortho intramolecular Hbond substituents is 1. The summed E-state index contributed by atoms with van der Waals surface area (Å²) in [5.41, 5.74) is 2.77. The molecule has 3 heteroatoms. The molecule has 1 aromatic carbocycles. The number of rotatable bonds is 4. The maximum absolute atomic E-state index is 12.0. The van der Waals surface area contributed by atoms with Crippen LogP contribution in [0.15, 0.2) is 29.8 Å². The van der Waals surface area contributed by atoms with Crippen molar-refractivity contribution in [3.8, 4) is 5.75 Å². The number of carbonyl (C=O) groups is 1. The number of nitrogens with one attached hydrogen (secondary N) is 1. The smallest absolute Gasteiger partial charge is 0.255 e. The molecule has 1 aromatic rings. The van der Waals surface area contributed by atoms with Gasteiger partial charge in [0.1, 0.15) is 5.75 Å². The highest BCUT2D eigenvalue weighted by atomic mass is 16.3. The predicted octanol–water partition coefficient (Wildman–Crippen LogP) is 3.32. The zero-order valence-corrected chi connectivity index (χ0v) is 11.4. The van der Waals surface area contributed by atoms with Crippen molar-refractivity contribution in [1.29, 1.82) is 0 Å². The number of phenols is 1. The van der Waals surface area contributed by atoms with Crippen LogP contribution in [-0.2, 0) is 0 Å². The Morgan fingerprint density at radius 1 is 1.37 bits per heavy atom. The van der Waals surface area contributed by atoms with E-state index in [4.69, 9.17) is 0 Å². The lowest BCUT2D eigenvalue weighted by atomic mass is 9.97. The monoisotopic (exact) mass is 259 g/mol. The normalized spacial score (nSPS) is 14.9. The second-order valence-electron chi connectivity index (χ2n) is 5.13. The third-order valence-electron chi connectivity index (χ3n) is 3.51. The molecule has 0 atom stereocenters. The van der Waals surface area contributed by atoms with Gasteiger partial charge in [0.25, 0.3) is 5.91 Å². The van der Waals surface area contributed by atoms with Gasteiger partial charge < -0.3 is 10.4 Å². The van der Waals surface area contributed by atoms with Crippen LogP contribution < -0.4 is 5.32 Å². The number of aromatic hydroxyl groups is 1. The van der Waals surface area contributed by atoms with Gasteiger partial charge in [-0.25, -0.2) is 0 Å². The van der Waals surface area contributed by atoms with Crippen molar-refractivity contribution in [2.24, 2.45) is 0 Å². The average molecular weight is 259 g/mol. The lowest BCUT2D eigenvalue weighted by Gasteiger charge is -2.13. The largest absolute Gasteiger partial charge is 0.507 e. The van der Waals surface area contributed by atoms with E-state index in [9.17, 15) is 9.90 Å². The SMILES string of the molecule is Cc1ccc(O)c(C(=O)NCCC2=CCCCC2)c1. The second kappa shape index (κ2) is 6.41. The molecule has 0 heterocycles. The highest BCUT2D eigenvalue weighted by molar-refractivity contribution is 5.96. The average Bonchev–Trinajstić information content (AvgIpc) is 2.42. The van der Waals surface area contributed by atoms with Gasteiger partial charge in [-0.3, -0.25) is 4.79 Å². The van der Waals surface area contributed by atoms with Crippen LogP contribution in [0, 0.1) is 6.92 Å². The van der Waals surface area contributed by atoms with E-state index >= 15 is 0 Å². The van der Waals surface area contributed by atoms with E-state index in [2.05, 4.69) is 11.4 Å². The minimum Gasteiger partial charge on any atom is -0.507 e. The van der Waals surface area contributed by atoms with Gasteiger partial charge in [-0.15, -0.1) is 0 Å². The molecule has 0 spiro atoms. The molecule has 2 rings (SSSR count). The highest BCUT2D eigenvalue weighted by Gasteiger charge is 2.11. The van der Waals surface area contributed by atoms with Crippen molar-refractivity contribution < 1.29 is 9.90 Å². The zero-order chi connectivity index (χ0) is 13.7. The molecule has 0 saturated heterocycles. The molecule has 1 aliphatic carbocycles. The van der Waals surface area contributed by atoms with Crippen LogP contribution in [0.5, 0.6) is 5.75 Å². The number of allylic oxidation sites excluding steroid dienone is 1. The molecule has 102 valence electrons. The van der Waals surface area contributed by atoms with E-state index in [-0.39, 0.29) is 11.7 Å². The summed E-state index contributed by atoms with van der Waals surface area (Å²) >= 11 is 0. The van der Waals surface area contributed by atoms with Gasteiger partial charge in [0.2, 0.25) is 0 Å². The van der Waals surface area contributed by atoms with Gasteiger partial charge in [-0.2, -0.15) is 0 Å². The summed E-state index contributed by atoms with van der Waals surface area (Å²) in [6.45, 7) is 2.54. The van der Waals surface area contributed by atoms with Crippen molar-refractivity contribution in [3.05, 3.63) is 41.0 Å². The first-order chi connectivity index (χ1) is 9.16. The second-order valence-corrected chi connectivity index (χ2v) is 5.13. The fourth-order valence-corrected chi connectivity index (χ4v) is 2.40. The quantitative estimate of drug-likeness (QED) is 0.815. The molecule has 0 saturated carbocycles. The Hall–Kier alpha value is -1.77. The number of benzene rings is 1. The first kappa shape index (κ1) is 13.7. The Labute approximate surface area is 114 Å². The number of hydrogen-bond donors (Lipinski definition) is 2. The molecule has 0 fully saturated rings. The van der Waals surface area contributed by atoms with Gasteiger partial charge in [0.15, 0.2) is 0 Å². The molecular formula is C16H21NO2. The standard InChI is InChI=1S/C16H21NO2/c1-12-7-8-15(18)14(11-12)16(19)17-10-9-13-5-3-2-4-6-13/h5,7-8,11,18H,2-4,6,9-10H2,1H3,(H,17,19). The molecule has 1 amide bonds. The highest BCUT2D eigenvalue weighted by Crippen LogP contribution is 2.20. The topological polar surface area (TPSA) is 49.3 Å². The maximum atomic E-state index is 12.0. The Morgan fingerprint density at radius 2 is 2.21 bits per heavy atom. The van der Waals surface area contributed by atoms with Crippen LogP contribution in [-0.4, -0.2) is 17.6 Å². The van der Waals surface area contributed by atoms with Crippen molar-refractivity contribution in [1.82, 2.24) is 5.32 Å². The molecule has 0 radical (unpaired) electrons. The first-order valence-corrected chi connectivity index (χ1v) is 6.92. The van der Waals surface area contributed by atoms with E-state index in [1.54, 1.807) is 18.2 Å². The lowest BCUT2D eigenvalue weighted by Crippen LogP contribution is -2.25. The molecule has 3 nitrogen and oxygen atoms in total. The van der Waals surface area contributed by atoms with E-state index in [1.165, 1.54) is 24.8 Å². The summed E-state index contributed by atoms with van der Waals surface area (Å²) in [5.74, 6) is -0.155. The van der Waals surface area contributed by atoms with Crippen LogP contribution >= 0.6 is 0 Å². The third kappa shape index (κ3) is 3.85. The Morgan fingerprint density at radius 3 is 2.95 bits per heavy atom. The third-order valence-corrected chi connectivity index (χ3v) is 3.51. The summed E-state index contributed by atoms with van der Waals surface area (Å²) in [7, 11) is 0. The van der Waals surface area contributed by atoms with E-state index in [0.717, 1.165) is 18.4 Å². The summed E-state index contributed by atoms with van der Waals surface area (Å²) in [6, 6.07) is 5.07. The van der Waals surface area contributed by atoms with Gasteiger partial charge >= 0.3 is 0 Å². The van der Waals surface area contributed by atoms with Crippen molar-refractivity contribution >= 4 is 5.91 Å². The van der Waals surface area contributed by atoms with Gasteiger partial charge in [0, 0.05) is 6.54 Å². The molecule has 0 unspecified atom stereocenters. The molecule has 0 aromatic heterocycles. The van der Waals surface area contributed by atoms with Crippen molar-refractivity contribution in [3.63, 3.8) is 0 Å². The summed E-state index contributed by atoms with van der Waals surface area (Å²) in [4.78, 5) is 12.0. The van der Waals surface area contributed by atoms with Crippen LogP contribution in [0.3, 0.4) is 0 Å². The van der Waals surface area contributed by atoms with Gasteiger partial charge in [-0.05, 0) is 51.2 Å². The number of amides is 1. The fourth-order valence-electron chi connectivity index (χ4n) is 2.40. The summed E-state index contributed by atoms with van der Waals surface area (Å²) in [5, 5.41) is 12.6. The molecule has 2 N–H and O–H groups in total. The summed E-state index contributed by atoms with van der Waals surface area (Å²) in [6.07, 6.45) is 8.08. The zero-order valence-electron chi connectivity index (χ0n) is 11.4. The number of hydrogen-bond acceptors (Lipinski definition) is 2. The van der Waals surface area contributed by atoms with Crippen LogP contribution in [0.25, 0.3) is 0 Å². The molecule has 1 aliphatic rings. The molecule has 0 bridgehead atoms. The fraction of sp³-hybridized carbons (Fsp3) is 0.438. The number of carbonyl (C=O) groups excluding carboxylic acids is 1. The molecule has 0 aliphatic heterocycles. The molecular weight excluding hydrogens is 238 g/mol. The predicted molar refractivity (Wildman–Crippen MR) is 76.3 cm³/mol. The Bertz CT molecular complexity index is 492. The van der Waals surface area contributed by atoms with Crippen LogP contribution in [0.4, 0.5) is 0 Å². The number of aryl methyl sites for hydroxylation is 1. The van der Waals surface area contributed by atoms with Crippen molar-refractivity contribution in [2.75, 3.05) is 6.54 Å². The van der Waals surface area contributed by atoms with Crippen molar-refractivity contribution in [2.45, 2.75) is 39.0 Å². The van der Waals surface area contributed by atoms with E-state index in [1.807, 2.05) is 6.92 Å². The Kier molecular flexibility index (Phi) is 4.61. The van der Waals surface area contributed by atoms with Gasteiger partial charge in [0.05, 0.1) is 5.56 Å². The minimum atomic E-state index is -0.197. The van der Waals surface area contributed by atoms with Crippen LogP contribution in [0.2, 0.25) is 0 Å². The minimum absolute atomic E-state index is 0.0416. The van der Waals surface area contributed by atoms with E-state index in [0.29, 0.717) is 12.1 Å². The van der Waals surface area contributed by atoms with Gasteiger partial charge in [-0.1, -0.05) is 23.3 Å². The summed E-state index contributed by atoms with van der Waals surface area (Å²) < 4.78 is 0.